The van der Waals surface area contributed by atoms with Crippen LogP contribution >= 0.6 is 0 Å². The van der Waals surface area contributed by atoms with Gasteiger partial charge in [-0.1, -0.05) is 12.1 Å². The molecule has 0 bridgehead atoms. The van der Waals surface area contributed by atoms with E-state index in [9.17, 15) is 0 Å². The summed E-state index contributed by atoms with van der Waals surface area (Å²) in [6.07, 6.45) is 1.98. The van der Waals surface area contributed by atoms with Crippen molar-refractivity contribution >= 4 is 11.3 Å². The first kappa shape index (κ1) is 9.84. The van der Waals surface area contributed by atoms with E-state index in [0.717, 1.165) is 22.7 Å². The molecule has 0 saturated heterocycles. The summed E-state index contributed by atoms with van der Waals surface area (Å²) in [7, 11) is 0. The Hall–Kier alpha value is -2.36. The number of nitrogens with two attached hydrogens (primary N) is 1. The first-order valence-corrected chi connectivity index (χ1v) is 5.41. The summed E-state index contributed by atoms with van der Waals surface area (Å²) in [6, 6.07) is 11.7. The Morgan fingerprint density at radius 1 is 1.12 bits per heavy atom. The Balaban J connectivity index is 2.24. The molecule has 1 aromatic carbocycles. The van der Waals surface area contributed by atoms with Crippen LogP contribution in [0.5, 0.6) is 0 Å². The van der Waals surface area contributed by atoms with Gasteiger partial charge in [0, 0.05) is 17.4 Å². The molecule has 0 aliphatic rings. The summed E-state index contributed by atoms with van der Waals surface area (Å²) in [6.45, 7) is 2.04. The summed E-state index contributed by atoms with van der Waals surface area (Å²) in [5.74, 6) is 0.812. The first-order chi connectivity index (χ1) is 8.24. The molecule has 0 aliphatic carbocycles. The van der Waals surface area contributed by atoms with Crippen LogP contribution in [-0.4, -0.2) is 14.6 Å². The van der Waals surface area contributed by atoms with Crippen molar-refractivity contribution in [3.05, 3.63) is 48.2 Å². The van der Waals surface area contributed by atoms with Crippen molar-refractivity contribution in [2.75, 3.05) is 5.73 Å². The fourth-order valence-electron chi connectivity index (χ4n) is 1.87. The minimum atomic E-state index is 0.728. The Morgan fingerprint density at radius 3 is 2.82 bits per heavy atom. The van der Waals surface area contributed by atoms with Crippen molar-refractivity contribution in [1.29, 1.82) is 0 Å². The molecule has 0 aliphatic heterocycles. The van der Waals surface area contributed by atoms with Crippen molar-refractivity contribution < 1.29 is 0 Å². The quantitative estimate of drug-likeness (QED) is 0.645. The van der Waals surface area contributed by atoms with E-state index in [1.54, 1.807) is 0 Å². The molecule has 0 saturated carbocycles. The van der Waals surface area contributed by atoms with Crippen LogP contribution < -0.4 is 5.73 Å². The average molecular weight is 224 g/mol. The van der Waals surface area contributed by atoms with Crippen LogP contribution in [0.1, 0.15) is 5.56 Å². The standard InChI is InChI=1S/C13H12N4/c1-9-5-6-17-12(7-9)15-16-13(17)10-3-2-4-11(14)8-10/h2-8H,14H2,1H3. The molecule has 0 atom stereocenters. The number of aromatic nitrogens is 3. The van der Waals surface area contributed by atoms with Gasteiger partial charge in [-0.25, -0.2) is 0 Å². The van der Waals surface area contributed by atoms with Gasteiger partial charge in [-0.2, -0.15) is 0 Å². The Labute approximate surface area is 98.7 Å². The molecule has 0 radical (unpaired) electrons. The summed E-state index contributed by atoms with van der Waals surface area (Å²) in [4.78, 5) is 0. The van der Waals surface area contributed by atoms with E-state index in [4.69, 9.17) is 5.73 Å². The molecule has 3 rings (SSSR count). The van der Waals surface area contributed by atoms with Crippen LogP contribution in [0.15, 0.2) is 42.6 Å². The molecule has 4 nitrogen and oxygen atoms in total. The van der Waals surface area contributed by atoms with Gasteiger partial charge in [0.2, 0.25) is 0 Å². The number of hydrogen-bond donors (Lipinski definition) is 1. The van der Waals surface area contributed by atoms with E-state index in [1.165, 1.54) is 5.56 Å². The van der Waals surface area contributed by atoms with Gasteiger partial charge >= 0.3 is 0 Å². The maximum atomic E-state index is 5.78. The van der Waals surface area contributed by atoms with Crippen molar-refractivity contribution in [2.45, 2.75) is 6.92 Å². The molecular formula is C13H12N4. The molecule has 0 fully saturated rings. The maximum absolute atomic E-state index is 5.78. The van der Waals surface area contributed by atoms with E-state index in [0.29, 0.717) is 0 Å². The average Bonchev–Trinajstić information content (AvgIpc) is 2.71. The number of pyridine rings is 1. The van der Waals surface area contributed by atoms with Crippen LogP contribution in [0, 0.1) is 6.92 Å². The number of aryl methyl sites for hydroxylation is 1. The molecule has 4 heteroatoms. The number of anilines is 1. The summed E-state index contributed by atoms with van der Waals surface area (Å²) < 4.78 is 1.96. The molecule has 17 heavy (non-hydrogen) atoms. The van der Waals surface area contributed by atoms with Gasteiger partial charge in [-0.15, -0.1) is 10.2 Å². The van der Waals surface area contributed by atoms with Gasteiger partial charge in [-0.3, -0.25) is 4.40 Å². The monoisotopic (exact) mass is 224 g/mol. The van der Waals surface area contributed by atoms with Crippen LogP contribution in [0.4, 0.5) is 5.69 Å². The lowest BCUT2D eigenvalue weighted by molar-refractivity contribution is 1.11. The topological polar surface area (TPSA) is 56.2 Å². The third kappa shape index (κ3) is 1.63. The third-order valence-corrected chi connectivity index (χ3v) is 2.71. The SMILES string of the molecule is Cc1ccn2c(-c3cccc(N)c3)nnc2c1. The molecule has 0 amide bonds. The van der Waals surface area contributed by atoms with E-state index >= 15 is 0 Å². The molecule has 84 valence electrons. The minimum Gasteiger partial charge on any atom is -0.399 e. The zero-order chi connectivity index (χ0) is 11.8. The summed E-state index contributed by atoms with van der Waals surface area (Å²) >= 11 is 0. The Morgan fingerprint density at radius 2 is 2.00 bits per heavy atom. The molecule has 0 unspecified atom stereocenters. The number of rotatable bonds is 1. The third-order valence-electron chi connectivity index (χ3n) is 2.71. The fourth-order valence-corrected chi connectivity index (χ4v) is 1.87. The Bertz CT molecular complexity index is 685. The molecule has 2 aromatic heterocycles. The zero-order valence-corrected chi connectivity index (χ0v) is 9.46. The van der Waals surface area contributed by atoms with Crippen molar-refractivity contribution in [3.63, 3.8) is 0 Å². The van der Waals surface area contributed by atoms with Gasteiger partial charge in [0.1, 0.15) is 0 Å². The second-order valence-corrected chi connectivity index (χ2v) is 4.08. The van der Waals surface area contributed by atoms with Crippen LogP contribution in [0.3, 0.4) is 0 Å². The van der Waals surface area contributed by atoms with Gasteiger partial charge in [-0.05, 0) is 36.8 Å². The number of benzene rings is 1. The summed E-state index contributed by atoms with van der Waals surface area (Å²) in [5, 5.41) is 8.36. The first-order valence-electron chi connectivity index (χ1n) is 5.41. The number of nitrogens with zero attached hydrogens (tertiary/aromatic N) is 3. The maximum Gasteiger partial charge on any atom is 0.168 e. The van der Waals surface area contributed by atoms with E-state index < -0.39 is 0 Å². The molecular weight excluding hydrogens is 212 g/mol. The number of hydrogen-bond acceptors (Lipinski definition) is 3. The predicted octanol–water partition coefficient (Wildman–Crippen LogP) is 2.29. The highest BCUT2D eigenvalue weighted by atomic mass is 15.2. The van der Waals surface area contributed by atoms with Crippen LogP contribution in [-0.2, 0) is 0 Å². The Kier molecular flexibility index (Phi) is 2.08. The van der Waals surface area contributed by atoms with Crippen molar-refractivity contribution in [1.82, 2.24) is 14.6 Å². The van der Waals surface area contributed by atoms with E-state index in [2.05, 4.69) is 10.2 Å². The highest BCUT2D eigenvalue weighted by molar-refractivity contribution is 5.63. The predicted molar refractivity (Wildman–Crippen MR) is 67.6 cm³/mol. The van der Waals surface area contributed by atoms with Gasteiger partial charge in [0.05, 0.1) is 0 Å². The largest absolute Gasteiger partial charge is 0.399 e. The molecule has 3 aromatic rings. The fraction of sp³-hybridized carbons (Fsp3) is 0.0769. The van der Waals surface area contributed by atoms with Gasteiger partial charge < -0.3 is 5.73 Å². The zero-order valence-electron chi connectivity index (χ0n) is 9.46. The normalized spacial score (nSPS) is 10.9. The highest BCUT2D eigenvalue weighted by Gasteiger charge is 2.07. The van der Waals surface area contributed by atoms with Gasteiger partial charge in [0.25, 0.3) is 0 Å². The van der Waals surface area contributed by atoms with Crippen LogP contribution in [0.2, 0.25) is 0 Å². The number of fused-ring (bicyclic) bond motifs is 1. The minimum absolute atomic E-state index is 0.728. The second-order valence-electron chi connectivity index (χ2n) is 4.08. The molecule has 0 spiro atoms. The van der Waals surface area contributed by atoms with Crippen LogP contribution in [0.25, 0.3) is 17.0 Å². The molecule has 2 heterocycles. The van der Waals surface area contributed by atoms with E-state index in [1.807, 2.05) is 53.9 Å². The summed E-state index contributed by atoms with van der Waals surface area (Å²) in [5.41, 5.74) is 9.50. The van der Waals surface area contributed by atoms with Crippen molar-refractivity contribution in [3.8, 4) is 11.4 Å². The second kappa shape index (κ2) is 3.59. The lowest BCUT2D eigenvalue weighted by Crippen LogP contribution is -1.91. The van der Waals surface area contributed by atoms with Crippen molar-refractivity contribution in [2.24, 2.45) is 0 Å². The smallest absolute Gasteiger partial charge is 0.168 e. The lowest BCUT2D eigenvalue weighted by Gasteiger charge is -2.01. The highest BCUT2D eigenvalue weighted by Crippen LogP contribution is 2.20. The van der Waals surface area contributed by atoms with E-state index in [-0.39, 0.29) is 0 Å². The lowest BCUT2D eigenvalue weighted by atomic mass is 10.2. The number of nitrogen functional groups attached to an aromatic ring is 1. The molecule has 2 N–H and O–H groups in total. The van der Waals surface area contributed by atoms with Gasteiger partial charge in [0.15, 0.2) is 11.5 Å².